The lowest BCUT2D eigenvalue weighted by Gasteiger charge is -2.57. The summed E-state index contributed by atoms with van der Waals surface area (Å²) in [6.07, 6.45) is 22.7. The van der Waals surface area contributed by atoms with E-state index in [-0.39, 0.29) is 11.6 Å². The van der Waals surface area contributed by atoms with E-state index in [1.165, 1.54) is 103 Å². The van der Waals surface area contributed by atoms with Crippen molar-refractivity contribution in [1.29, 1.82) is 0 Å². The van der Waals surface area contributed by atoms with Gasteiger partial charge in [0.1, 0.15) is 0 Å². The van der Waals surface area contributed by atoms with Crippen LogP contribution in [0.5, 0.6) is 0 Å². The Morgan fingerprint density at radius 1 is 0.639 bits per heavy atom. The van der Waals surface area contributed by atoms with Gasteiger partial charge in [0, 0.05) is 24.7 Å². The first kappa shape index (κ1) is 33.8. The largest absolute Gasteiger partial charge is 0.394 e. The molecule has 2 aliphatic heterocycles. The normalized spacial score (nSPS) is 25.3. The highest BCUT2D eigenvalue weighted by molar-refractivity contribution is 7.79. The van der Waals surface area contributed by atoms with E-state index in [1.54, 1.807) is 0 Å². The highest BCUT2D eigenvalue weighted by Crippen LogP contribution is 2.50. The molecule has 2 fully saturated rings. The van der Waals surface area contributed by atoms with E-state index in [0.717, 1.165) is 26.1 Å². The Bertz CT molecular complexity index is 596. The Morgan fingerprint density at radius 2 is 0.944 bits per heavy atom. The molecule has 2 saturated heterocycles. The lowest BCUT2D eigenvalue weighted by atomic mass is 9.80. The van der Waals surface area contributed by atoms with Gasteiger partial charge in [-0.25, -0.2) is 0 Å². The molecule has 2 heterocycles. The molecule has 4 unspecified atom stereocenters. The quantitative estimate of drug-likeness (QED) is 0.120. The molecule has 2 rings (SSSR count). The minimum absolute atomic E-state index is 0.379. The molecule has 8 heteroatoms. The third kappa shape index (κ3) is 12.5. The fourth-order valence-electron chi connectivity index (χ4n) is 5.57. The van der Waals surface area contributed by atoms with E-state index in [0.29, 0.717) is 11.8 Å². The van der Waals surface area contributed by atoms with Gasteiger partial charge in [-0.3, -0.25) is 9.11 Å². The third-order valence-electron chi connectivity index (χ3n) is 7.81. The molecule has 0 aliphatic carbocycles. The summed E-state index contributed by atoms with van der Waals surface area (Å²) < 4.78 is 51.4. The van der Waals surface area contributed by atoms with Gasteiger partial charge in [0.25, 0.3) is 0 Å². The number of hydrogen-bond donors (Lipinski definition) is 2. The maximum atomic E-state index is 8.74. The van der Waals surface area contributed by atoms with Crippen LogP contribution in [-0.2, 0) is 24.6 Å². The average Bonchev–Trinajstić information content (AvgIpc) is 2.76. The average molecular weight is 537 g/mol. The molecule has 0 aromatic carbocycles. The number of hydrogen-bond acceptors (Lipinski definition) is 5. The van der Waals surface area contributed by atoms with E-state index in [4.69, 9.17) is 31.7 Å². The number of ether oxygens (including phenoxy) is 3. The summed E-state index contributed by atoms with van der Waals surface area (Å²) in [5, 5.41) is 0. The second-order valence-corrected chi connectivity index (χ2v) is 11.6. The fourth-order valence-corrected chi connectivity index (χ4v) is 5.57. The van der Waals surface area contributed by atoms with Crippen molar-refractivity contribution in [1.82, 2.24) is 0 Å². The van der Waals surface area contributed by atoms with E-state index in [1.807, 2.05) is 0 Å². The van der Waals surface area contributed by atoms with Gasteiger partial charge in [-0.1, -0.05) is 105 Å². The van der Waals surface area contributed by atoms with Crippen LogP contribution in [0.3, 0.4) is 0 Å². The van der Waals surface area contributed by atoms with E-state index in [9.17, 15) is 0 Å². The van der Waals surface area contributed by atoms with Crippen molar-refractivity contribution < 1.29 is 31.7 Å². The minimum Gasteiger partial charge on any atom is -0.349 e. The summed E-state index contributed by atoms with van der Waals surface area (Å²) in [5.74, 6) is 0.280. The van der Waals surface area contributed by atoms with Crippen LogP contribution in [0.25, 0.3) is 0 Å². The molecular formula is C28H56O7S. The third-order valence-corrected chi connectivity index (χ3v) is 7.81. The molecule has 216 valence electrons. The number of rotatable bonds is 20. The lowest BCUT2D eigenvalue weighted by Crippen LogP contribution is -2.63. The molecule has 0 bridgehead atoms. The van der Waals surface area contributed by atoms with Gasteiger partial charge in [-0.15, -0.1) is 0 Å². The van der Waals surface area contributed by atoms with Gasteiger partial charge < -0.3 is 14.2 Å². The second kappa shape index (κ2) is 18.1. The first-order valence-electron chi connectivity index (χ1n) is 14.8. The molecule has 0 aromatic rings. The molecule has 7 nitrogen and oxygen atoms in total. The Labute approximate surface area is 222 Å². The Morgan fingerprint density at radius 3 is 1.19 bits per heavy atom. The zero-order valence-electron chi connectivity index (χ0n) is 23.6. The predicted molar refractivity (Wildman–Crippen MR) is 145 cm³/mol. The van der Waals surface area contributed by atoms with Crippen LogP contribution in [-0.4, -0.2) is 42.3 Å². The van der Waals surface area contributed by atoms with Crippen LogP contribution >= 0.6 is 0 Å². The van der Waals surface area contributed by atoms with Crippen LogP contribution in [0.1, 0.15) is 143 Å². The lowest BCUT2D eigenvalue weighted by molar-refractivity contribution is -0.457. The smallest absolute Gasteiger partial charge is 0.349 e. The molecule has 0 radical (unpaired) electrons. The minimum atomic E-state index is -4.67. The standard InChI is InChI=1S/C28H54O3.H2O4S/c1-5-9-13-15-19-25(17-11-7-3)27(21-23-29-27)31-28(22-24-30-28)26(18-12-8-4)20-16-14-10-6-2;1-5(2,3)4/h25-26H,5-24H2,1-4H3;(H2,1,2,3,4). The second-order valence-electron chi connectivity index (χ2n) is 10.7. The van der Waals surface area contributed by atoms with Crippen molar-refractivity contribution in [3.63, 3.8) is 0 Å². The van der Waals surface area contributed by atoms with E-state index in [2.05, 4.69) is 27.7 Å². The monoisotopic (exact) mass is 536 g/mol. The highest BCUT2D eigenvalue weighted by atomic mass is 32.3. The maximum Gasteiger partial charge on any atom is 0.394 e. The van der Waals surface area contributed by atoms with Gasteiger partial charge in [-0.2, -0.15) is 8.42 Å². The first-order valence-corrected chi connectivity index (χ1v) is 16.2. The maximum absolute atomic E-state index is 8.74. The molecule has 0 aromatic heterocycles. The van der Waals surface area contributed by atoms with E-state index < -0.39 is 10.4 Å². The Hall–Kier alpha value is -0.250. The van der Waals surface area contributed by atoms with Crippen molar-refractivity contribution >= 4 is 10.4 Å². The van der Waals surface area contributed by atoms with Crippen molar-refractivity contribution in [2.45, 2.75) is 155 Å². The summed E-state index contributed by atoms with van der Waals surface area (Å²) in [7, 11) is -4.67. The molecule has 4 atom stereocenters. The van der Waals surface area contributed by atoms with Crippen molar-refractivity contribution in [3.8, 4) is 0 Å². The van der Waals surface area contributed by atoms with Gasteiger partial charge >= 0.3 is 10.4 Å². The van der Waals surface area contributed by atoms with Gasteiger partial charge in [0.2, 0.25) is 0 Å². The van der Waals surface area contributed by atoms with Gasteiger partial charge in [0.05, 0.1) is 13.2 Å². The Balaban J connectivity index is 0.00000118. The van der Waals surface area contributed by atoms with Gasteiger partial charge in [0.15, 0.2) is 11.6 Å². The molecular weight excluding hydrogens is 480 g/mol. The van der Waals surface area contributed by atoms with Crippen molar-refractivity contribution in [2.75, 3.05) is 13.2 Å². The highest BCUT2D eigenvalue weighted by Gasteiger charge is 2.56. The molecule has 0 spiro atoms. The van der Waals surface area contributed by atoms with E-state index >= 15 is 0 Å². The molecule has 36 heavy (non-hydrogen) atoms. The molecule has 2 N–H and O–H groups in total. The van der Waals surface area contributed by atoms with Crippen LogP contribution in [0, 0.1) is 11.8 Å². The van der Waals surface area contributed by atoms with Crippen LogP contribution in [0.15, 0.2) is 0 Å². The van der Waals surface area contributed by atoms with Gasteiger partial charge in [-0.05, 0) is 25.7 Å². The van der Waals surface area contributed by atoms with Crippen molar-refractivity contribution in [2.24, 2.45) is 11.8 Å². The molecule has 2 aliphatic rings. The predicted octanol–water partition coefficient (Wildman–Crippen LogP) is 8.14. The Kier molecular flexibility index (Phi) is 17.0. The zero-order chi connectivity index (χ0) is 26.9. The summed E-state index contributed by atoms with van der Waals surface area (Å²) >= 11 is 0. The zero-order valence-corrected chi connectivity index (χ0v) is 24.5. The number of unbranched alkanes of at least 4 members (excludes halogenated alkanes) is 8. The SMILES string of the molecule is CCCCCCC(CCCC)C1(OC2(C(CCCC)CCCCCC)CCO2)CCO1.O=S(=O)(O)O. The molecule has 0 saturated carbocycles. The van der Waals surface area contributed by atoms with Crippen LogP contribution in [0.2, 0.25) is 0 Å². The van der Waals surface area contributed by atoms with Crippen LogP contribution in [0.4, 0.5) is 0 Å². The summed E-state index contributed by atoms with van der Waals surface area (Å²) in [6.45, 7) is 10.9. The summed E-state index contributed by atoms with van der Waals surface area (Å²) in [5.41, 5.74) is 0. The molecule has 0 amide bonds. The first-order chi connectivity index (χ1) is 17.2. The van der Waals surface area contributed by atoms with Crippen molar-refractivity contribution in [3.05, 3.63) is 0 Å². The van der Waals surface area contributed by atoms with Crippen LogP contribution < -0.4 is 0 Å². The summed E-state index contributed by atoms with van der Waals surface area (Å²) in [6, 6.07) is 0. The summed E-state index contributed by atoms with van der Waals surface area (Å²) in [4.78, 5) is 0. The fraction of sp³-hybridized carbons (Fsp3) is 1.00. The topological polar surface area (TPSA) is 102 Å².